The van der Waals surface area contributed by atoms with Crippen LogP contribution in [0.4, 0.5) is 15.9 Å². The molecule has 0 bridgehead atoms. The number of ether oxygens (including phenoxy) is 1. The molecule has 0 aliphatic carbocycles. The summed E-state index contributed by atoms with van der Waals surface area (Å²) >= 11 is 2.13. The Hall–Kier alpha value is -3.08. The van der Waals surface area contributed by atoms with Crippen LogP contribution < -0.4 is 10.2 Å². The average Bonchev–Trinajstić information content (AvgIpc) is 2.67. The van der Waals surface area contributed by atoms with Gasteiger partial charge in [0.25, 0.3) is 0 Å². The van der Waals surface area contributed by atoms with Crippen molar-refractivity contribution in [3.63, 3.8) is 0 Å². The minimum Gasteiger partial charge on any atom is -0.488 e. The molecule has 7 nitrogen and oxygen atoms in total. The third-order valence-electron chi connectivity index (χ3n) is 3.61. The van der Waals surface area contributed by atoms with Gasteiger partial charge in [0, 0.05) is 12.3 Å². The van der Waals surface area contributed by atoms with Gasteiger partial charge in [0.15, 0.2) is 0 Å². The molecule has 0 unspecified atom stereocenters. The fourth-order valence-corrected chi connectivity index (χ4v) is 3.00. The van der Waals surface area contributed by atoms with E-state index in [2.05, 4.69) is 38.1 Å². The van der Waals surface area contributed by atoms with E-state index in [1.54, 1.807) is 24.3 Å². The molecule has 0 aliphatic heterocycles. The Morgan fingerprint density at radius 2 is 2.11 bits per heavy atom. The number of halogens is 2. The first-order chi connectivity index (χ1) is 13.5. The number of nitrogens with one attached hydrogen (secondary N) is 1. The molecular formula is C19H14FIN4O3. The molecule has 142 valence electrons. The van der Waals surface area contributed by atoms with Crippen LogP contribution in [0.25, 0.3) is 0 Å². The predicted molar refractivity (Wildman–Crippen MR) is 112 cm³/mol. The first kappa shape index (κ1) is 19.7. The molecule has 3 rings (SSSR count). The van der Waals surface area contributed by atoms with Crippen molar-refractivity contribution in [2.75, 3.05) is 5.43 Å². The number of nitro groups is 1. The molecule has 0 fully saturated rings. The van der Waals surface area contributed by atoms with Gasteiger partial charge < -0.3 is 4.74 Å². The van der Waals surface area contributed by atoms with Gasteiger partial charge >= 0.3 is 5.69 Å². The topological polar surface area (TPSA) is 89.7 Å². The highest BCUT2D eigenvalue weighted by Crippen LogP contribution is 2.23. The summed E-state index contributed by atoms with van der Waals surface area (Å²) in [5.74, 6) is 0.423. The molecule has 0 amide bonds. The van der Waals surface area contributed by atoms with Crippen LogP contribution in [-0.2, 0) is 6.61 Å². The molecule has 1 aromatic heterocycles. The highest BCUT2D eigenvalue weighted by atomic mass is 127. The molecule has 3 aromatic rings. The van der Waals surface area contributed by atoms with E-state index in [0.29, 0.717) is 5.75 Å². The second kappa shape index (κ2) is 9.22. The minimum atomic E-state index is -0.529. The van der Waals surface area contributed by atoms with Crippen molar-refractivity contribution in [3.8, 4) is 5.75 Å². The van der Waals surface area contributed by atoms with E-state index in [1.807, 2.05) is 6.07 Å². The molecule has 9 heteroatoms. The highest BCUT2D eigenvalue weighted by Gasteiger charge is 2.12. The monoisotopic (exact) mass is 492 g/mol. The van der Waals surface area contributed by atoms with Gasteiger partial charge in [-0.3, -0.25) is 15.5 Å². The van der Waals surface area contributed by atoms with Crippen LogP contribution in [0.1, 0.15) is 11.1 Å². The number of anilines is 1. The molecule has 2 aromatic carbocycles. The second-order valence-electron chi connectivity index (χ2n) is 5.61. The lowest BCUT2D eigenvalue weighted by molar-refractivity contribution is -0.384. The zero-order valence-corrected chi connectivity index (χ0v) is 16.5. The van der Waals surface area contributed by atoms with Crippen molar-refractivity contribution in [3.05, 3.63) is 91.4 Å². The lowest BCUT2D eigenvalue weighted by Gasteiger charge is -2.09. The van der Waals surface area contributed by atoms with Crippen molar-refractivity contribution in [1.82, 2.24) is 4.98 Å². The molecule has 0 saturated carbocycles. The maximum absolute atomic E-state index is 13.2. The van der Waals surface area contributed by atoms with Crippen molar-refractivity contribution in [2.45, 2.75) is 6.61 Å². The van der Waals surface area contributed by atoms with E-state index < -0.39 is 4.92 Å². The van der Waals surface area contributed by atoms with Crippen LogP contribution in [0, 0.1) is 19.5 Å². The van der Waals surface area contributed by atoms with Gasteiger partial charge in [-0.05, 0) is 70.1 Å². The Bertz CT molecular complexity index is 1030. The Morgan fingerprint density at radius 1 is 1.25 bits per heavy atom. The van der Waals surface area contributed by atoms with Gasteiger partial charge in [-0.25, -0.2) is 9.37 Å². The average molecular weight is 492 g/mol. The number of benzene rings is 2. The largest absolute Gasteiger partial charge is 0.488 e. The molecule has 1 N–H and O–H groups in total. The third kappa shape index (κ3) is 5.22. The van der Waals surface area contributed by atoms with Crippen LogP contribution in [0.15, 0.2) is 65.9 Å². The minimum absolute atomic E-state index is 0.0634. The molecule has 0 aliphatic rings. The van der Waals surface area contributed by atoms with Crippen molar-refractivity contribution in [1.29, 1.82) is 0 Å². The van der Waals surface area contributed by atoms with Crippen LogP contribution >= 0.6 is 22.6 Å². The summed E-state index contributed by atoms with van der Waals surface area (Å²) in [5.41, 5.74) is 3.93. The number of nitrogens with zero attached hydrogens (tertiary/aromatic N) is 3. The molecule has 0 spiro atoms. The van der Waals surface area contributed by atoms with E-state index in [1.165, 1.54) is 36.7 Å². The van der Waals surface area contributed by atoms with E-state index >= 15 is 0 Å². The van der Waals surface area contributed by atoms with E-state index in [-0.39, 0.29) is 23.9 Å². The smallest absolute Gasteiger partial charge is 0.313 e. The van der Waals surface area contributed by atoms with Gasteiger partial charge in [0.2, 0.25) is 5.82 Å². The summed E-state index contributed by atoms with van der Waals surface area (Å²) in [4.78, 5) is 14.3. The summed E-state index contributed by atoms with van der Waals surface area (Å²) in [6.45, 7) is 0.256. The van der Waals surface area contributed by atoms with Gasteiger partial charge in [0.1, 0.15) is 18.2 Å². The third-order valence-corrected chi connectivity index (χ3v) is 4.45. The first-order valence-corrected chi connectivity index (χ1v) is 9.16. The number of aromatic nitrogens is 1. The van der Waals surface area contributed by atoms with Crippen molar-refractivity contribution < 1.29 is 14.1 Å². The molecular weight excluding hydrogens is 478 g/mol. The van der Waals surface area contributed by atoms with Crippen LogP contribution in [0.5, 0.6) is 5.75 Å². The number of rotatable bonds is 7. The van der Waals surface area contributed by atoms with E-state index in [0.717, 1.165) is 14.7 Å². The van der Waals surface area contributed by atoms with Gasteiger partial charge in [-0.15, -0.1) is 0 Å². The van der Waals surface area contributed by atoms with E-state index in [9.17, 15) is 14.5 Å². The summed E-state index contributed by atoms with van der Waals surface area (Å²) < 4.78 is 19.8. The zero-order chi connectivity index (χ0) is 19.9. The summed E-state index contributed by atoms with van der Waals surface area (Å²) in [6, 6.07) is 14.5. The van der Waals surface area contributed by atoms with E-state index in [4.69, 9.17) is 4.74 Å². The fraction of sp³-hybridized carbons (Fsp3) is 0.0526. The normalized spacial score (nSPS) is 10.8. The number of hydrazone groups is 1. The Morgan fingerprint density at radius 3 is 2.86 bits per heavy atom. The van der Waals surface area contributed by atoms with Crippen LogP contribution in [-0.4, -0.2) is 16.1 Å². The van der Waals surface area contributed by atoms with Gasteiger partial charge in [-0.1, -0.05) is 12.1 Å². The predicted octanol–water partition coefficient (Wildman–Crippen LogP) is 4.76. The molecule has 0 radical (unpaired) electrons. The van der Waals surface area contributed by atoms with Gasteiger partial charge in [-0.2, -0.15) is 5.10 Å². The highest BCUT2D eigenvalue weighted by molar-refractivity contribution is 14.1. The number of pyridine rings is 1. The summed E-state index contributed by atoms with van der Waals surface area (Å²) in [6.07, 6.45) is 2.97. The van der Waals surface area contributed by atoms with Crippen LogP contribution in [0.2, 0.25) is 0 Å². The number of hydrogen-bond donors (Lipinski definition) is 1. The summed E-state index contributed by atoms with van der Waals surface area (Å²) in [7, 11) is 0. The van der Waals surface area contributed by atoms with Crippen molar-refractivity contribution in [2.24, 2.45) is 5.10 Å². The molecule has 0 atom stereocenters. The standard InChI is InChI=1S/C19H14FIN4O3/c20-15-4-1-3-14(9-15)12-28-18-7-6-13(10-16(18)21)11-23-24-19-17(25(26)27)5-2-8-22-19/h1-11H,12H2,(H,22,24)/b23-11-. The number of hydrogen-bond acceptors (Lipinski definition) is 6. The molecule has 28 heavy (non-hydrogen) atoms. The lowest BCUT2D eigenvalue weighted by atomic mass is 10.2. The van der Waals surface area contributed by atoms with Crippen LogP contribution in [0.3, 0.4) is 0 Å². The second-order valence-corrected chi connectivity index (χ2v) is 6.77. The molecule has 0 saturated heterocycles. The quantitative estimate of drug-likeness (QED) is 0.223. The first-order valence-electron chi connectivity index (χ1n) is 8.08. The lowest BCUT2D eigenvalue weighted by Crippen LogP contribution is -2.00. The SMILES string of the molecule is O=[N+]([O-])c1cccnc1N/N=C\c1ccc(OCc2cccc(F)c2)c(I)c1. The Kier molecular flexibility index (Phi) is 6.48. The Balaban J connectivity index is 1.64. The zero-order valence-electron chi connectivity index (χ0n) is 14.4. The fourth-order valence-electron chi connectivity index (χ4n) is 2.30. The van der Waals surface area contributed by atoms with Gasteiger partial charge in [0.05, 0.1) is 14.7 Å². The molecule has 1 heterocycles. The summed E-state index contributed by atoms with van der Waals surface area (Å²) in [5, 5.41) is 15.0. The Labute approximate surface area is 173 Å². The van der Waals surface area contributed by atoms with Crippen molar-refractivity contribution >= 4 is 40.3 Å². The maximum atomic E-state index is 13.2. The maximum Gasteiger partial charge on any atom is 0.313 e.